The summed E-state index contributed by atoms with van der Waals surface area (Å²) in [5, 5.41) is 0. The maximum atomic E-state index is 12.8. The van der Waals surface area contributed by atoms with Crippen molar-refractivity contribution in [2.24, 2.45) is 0 Å². The summed E-state index contributed by atoms with van der Waals surface area (Å²) in [4.78, 5) is 14.3. The van der Waals surface area contributed by atoms with Crippen LogP contribution >= 0.6 is 0 Å². The van der Waals surface area contributed by atoms with E-state index >= 15 is 0 Å². The number of hydrogen-bond donors (Lipinski definition) is 0. The first kappa shape index (κ1) is 22.6. The first-order chi connectivity index (χ1) is 15.8. The molecule has 1 aliphatic rings. The van der Waals surface area contributed by atoms with E-state index in [0.717, 1.165) is 24.5 Å². The van der Waals surface area contributed by atoms with Gasteiger partial charge in [0.2, 0.25) is 0 Å². The van der Waals surface area contributed by atoms with E-state index in [1.165, 1.54) is 45.4 Å². The van der Waals surface area contributed by atoms with Crippen molar-refractivity contribution < 1.29 is 22.7 Å². The van der Waals surface area contributed by atoms with Crippen molar-refractivity contribution in [3.8, 4) is 5.75 Å². The van der Waals surface area contributed by atoms with Crippen molar-refractivity contribution in [3.63, 3.8) is 0 Å². The summed E-state index contributed by atoms with van der Waals surface area (Å²) in [6, 6.07) is 21.9. The van der Waals surface area contributed by atoms with Crippen LogP contribution in [0.25, 0.3) is 5.57 Å². The van der Waals surface area contributed by atoms with Crippen LogP contribution in [-0.4, -0.2) is 30.8 Å². The van der Waals surface area contributed by atoms with E-state index in [1.54, 1.807) is 7.05 Å². The zero-order valence-corrected chi connectivity index (χ0v) is 18.2. The molecule has 4 rings (SSSR count). The molecule has 0 aliphatic heterocycles. The number of alkyl halides is 3. The Morgan fingerprint density at radius 3 is 2.15 bits per heavy atom. The molecule has 3 aromatic carbocycles. The fraction of sp³-hybridized carbons (Fsp3) is 0.222. The van der Waals surface area contributed by atoms with Crippen LogP contribution in [0.3, 0.4) is 0 Å². The number of carbonyl (C=O) groups is 1. The van der Waals surface area contributed by atoms with Crippen LogP contribution in [0.2, 0.25) is 0 Å². The molecule has 0 N–H and O–H groups in total. The smallest absolute Gasteiger partial charge is 0.406 e. The van der Waals surface area contributed by atoms with Gasteiger partial charge in [0.15, 0.2) is 0 Å². The van der Waals surface area contributed by atoms with E-state index < -0.39 is 12.1 Å². The average molecular weight is 451 g/mol. The molecule has 3 nitrogen and oxygen atoms in total. The van der Waals surface area contributed by atoms with Gasteiger partial charge >= 0.3 is 6.36 Å². The summed E-state index contributed by atoms with van der Waals surface area (Å²) >= 11 is 0. The fourth-order valence-corrected chi connectivity index (χ4v) is 4.19. The minimum Gasteiger partial charge on any atom is -0.406 e. The number of rotatable bonds is 5. The van der Waals surface area contributed by atoms with Crippen LogP contribution in [0.5, 0.6) is 5.75 Å². The van der Waals surface area contributed by atoms with E-state index in [0.29, 0.717) is 13.0 Å². The summed E-state index contributed by atoms with van der Waals surface area (Å²) in [7, 11) is 1.65. The van der Waals surface area contributed by atoms with Gasteiger partial charge in [-0.2, -0.15) is 0 Å². The standard InChI is InChI=1S/C27H24F3NO2/c1-31(26(32)21-10-6-11-22(18-21)33-27(28,29)30)17-7-14-25-23-12-4-2-8-19(23)15-16-20-9-3-5-13-24(20)25/h2-6,8-14,18H,7,15-17H2,1H3. The van der Waals surface area contributed by atoms with Gasteiger partial charge in [-0.1, -0.05) is 60.7 Å². The number of fused-ring (bicyclic) bond motifs is 2. The summed E-state index contributed by atoms with van der Waals surface area (Å²) in [6.07, 6.45) is -0.0987. The molecule has 1 aliphatic carbocycles. The molecule has 0 aromatic heterocycles. The van der Waals surface area contributed by atoms with Crippen LogP contribution in [0.15, 0.2) is 78.9 Å². The van der Waals surface area contributed by atoms with Gasteiger partial charge in [0, 0.05) is 19.2 Å². The Bertz CT molecular complexity index is 1130. The summed E-state index contributed by atoms with van der Waals surface area (Å²) < 4.78 is 41.4. The Morgan fingerprint density at radius 2 is 1.55 bits per heavy atom. The minimum atomic E-state index is -4.80. The molecule has 0 heterocycles. The monoisotopic (exact) mass is 451 g/mol. The Hall–Kier alpha value is -3.54. The van der Waals surface area contributed by atoms with Gasteiger partial charge in [0.05, 0.1) is 0 Å². The number of halogens is 3. The second kappa shape index (κ2) is 9.53. The highest BCUT2D eigenvalue weighted by molar-refractivity contribution is 5.94. The summed E-state index contributed by atoms with van der Waals surface area (Å²) in [5.74, 6) is -0.766. The highest BCUT2D eigenvalue weighted by atomic mass is 19.4. The Morgan fingerprint density at radius 1 is 0.939 bits per heavy atom. The molecule has 0 spiro atoms. The molecule has 170 valence electrons. The molecule has 3 aromatic rings. The van der Waals surface area contributed by atoms with E-state index in [1.807, 2.05) is 12.1 Å². The van der Waals surface area contributed by atoms with E-state index in [2.05, 4.69) is 47.2 Å². The van der Waals surface area contributed by atoms with Gasteiger partial charge in [0.25, 0.3) is 5.91 Å². The molecule has 0 atom stereocenters. The lowest BCUT2D eigenvalue weighted by Crippen LogP contribution is -2.27. The zero-order chi connectivity index (χ0) is 23.4. The van der Waals surface area contributed by atoms with Crippen LogP contribution in [0.1, 0.15) is 39.0 Å². The quantitative estimate of drug-likeness (QED) is 0.457. The molecule has 0 fully saturated rings. The molecule has 33 heavy (non-hydrogen) atoms. The third-order valence-electron chi connectivity index (χ3n) is 5.75. The fourth-order valence-electron chi connectivity index (χ4n) is 4.19. The Kier molecular flexibility index (Phi) is 6.54. The van der Waals surface area contributed by atoms with Gasteiger partial charge < -0.3 is 9.64 Å². The Balaban J connectivity index is 1.52. The first-order valence-corrected chi connectivity index (χ1v) is 10.8. The zero-order valence-electron chi connectivity index (χ0n) is 18.2. The van der Waals surface area contributed by atoms with Gasteiger partial charge in [0.1, 0.15) is 5.75 Å². The van der Waals surface area contributed by atoms with Crippen molar-refractivity contribution in [1.29, 1.82) is 0 Å². The molecule has 0 radical (unpaired) electrons. The highest BCUT2D eigenvalue weighted by Crippen LogP contribution is 2.33. The SMILES string of the molecule is CN(CCC=C1c2ccccc2CCc2ccccc21)C(=O)c1cccc(OC(F)(F)F)c1. The van der Waals surface area contributed by atoms with Crippen LogP contribution in [0, 0.1) is 0 Å². The Labute approximate surface area is 191 Å². The van der Waals surface area contributed by atoms with Crippen molar-refractivity contribution in [2.75, 3.05) is 13.6 Å². The van der Waals surface area contributed by atoms with Crippen molar-refractivity contribution >= 4 is 11.5 Å². The molecule has 0 unspecified atom stereocenters. The third-order valence-corrected chi connectivity index (χ3v) is 5.75. The third kappa shape index (κ3) is 5.45. The number of ether oxygens (including phenoxy) is 1. The van der Waals surface area contributed by atoms with Gasteiger partial charge in [-0.3, -0.25) is 4.79 Å². The molecule has 0 bridgehead atoms. The minimum absolute atomic E-state index is 0.150. The molecule has 6 heteroatoms. The predicted octanol–water partition coefficient (Wildman–Crippen LogP) is 6.28. The second-order valence-electron chi connectivity index (χ2n) is 8.02. The van der Waals surface area contributed by atoms with Crippen LogP contribution in [0.4, 0.5) is 13.2 Å². The van der Waals surface area contributed by atoms with E-state index in [-0.39, 0.29) is 11.5 Å². The lowest BCUT2D eigenvalue weighted by atomic mass is 9.93. The number of nitrogens with zero attached hydrogens (tertiary/aromatic N) is 1. The molecular weight excluding hydrogens is 427 g/mol. The van der Waals surface area contributed by atoms with Crippen LogP contribution in [-0.2, 0) is 12.8 Å². The van der Waals surface area contributed by atoms with E-state index in [4.69, 9.17) is 0 Å². The summed E-state index contributed by atoms with van der Waals surface area (Å²) in [6.45, 7) is 0.428. The number of hydrogen-bond acceptors (Lipinski definition) is 2. The molecule has 0 saturated carbocycles. The molecule has 0 saturated heterocycles. The van der Waals surface area contributed by atoms with Crippen molar-refractivity contribution in [1.82, 2.24) is 4.90 Å². The molecular formula is C27H24F3NO2. The van der Waals surface area contributed by atoms with Gasteiger partial charge in [-0.05, 0) is 65.3 Å². The number of amides is 1. The lowest BCUT2D eigenvalue weighted by molar-refractivity contribution is -0.274. The van der Waals surface area contributed by atoms with E-state index in [9.17, 15) is 18.0 Å². The number of aryl methyl sites for hydroxylation is 2. The summed E-state index contributed by atoms with van der Waals surface area (Å²) in [5.41, 5.74) is 6.30. The second-order valence-corrected chi connectivity index (χ2v) is 8.02. The predicted molar refractivity (Wildman–Crippen MR) is 122 cm³/mol. The lowest BCUT2D eigenvalue weighted by Gasteiger charge is -2.18. The number of benzene rings is 3. The maximum Gasteiger partial charge on any atom is 0.573 e. The average Bonchev–Trinajstić information content (AvgIpc) is 2.95. The topological polar surface area (TPSA) is 29.5 Å². The van der Waals surface area contributed by atoms with Crippen molar-refractivity contribution in [3.05, 3.63) is 107 Å². The highest BCUT2D eigenvalue weighted by Gasteiger charge is 2.31. The first-order valence-electron chi connectivity index (χ1n) is 10.8. The largest absolute Gasteiger partial charge is 0.573 e. The van der Waals surface area contributed by atoms with Crippen molar-refractivity contribution in [2.45, 2.75) is 25.6 Å². The molecule has 1 amide bonds. The van der Waals surface area contributed by atoms with Gasteiger partial charge in [-0.25, -0.2) is 0 Å². The van der Waals surface area contributed by atoms with Gasteiger partial charge in [-0.15, -0.1) is 13.2 Å². The van der Waals surface area contributed by atoms with Crippen LogP contribution < -0.4 is 4.74 Å². The number of carbonyl (C=O) groups excluding carboxylic acids is 1. The normalized spacial score (nSPS) is 12.9. The maximum absolute atomic E-state index is 12.8.